The average Bonchev–Trinajstić information content (AvgIpc) is 2.59. The maximum absolute atomic E-state index is 12.8. The number of carboxylic acid groups (broad SMARTS) is 1. The first-order chi connectivity index (χ1) is 8.30. The van der Waals surface area contributed by atoms with Gasteiger partial charge in [-0.2, -0.15) is 13.2 Å². The molecule has 3 nitrogen and oxygen atoms in total. The summed E-state index contributed by atoms with van der Waals surface area (Å²) in [6.07, 6.45) is -3.71. The van der Waals surface area contributed by atoms with Crippen LogP contribution in [0.4, 0.5) is 13.2 Å². The van der Waals surface area contributed by atoms with Gasteiger partial charge in [-0.1, -0.05) is 11.6 Å². The van der Waals surface area contributed by atoms with Gasteiger partial charge in [-0.3, -0.25) is 4.79 Å². The van der Waals surface area contributed by atoms with Crippen molar-refractivity contribution in [3.63, 3.8) is 0 Å². The zero-order chi connectivity index (χ0) is 13.5. The quantitative estimate of drug-likeness (QED) is 0.867. The zero-order valence-corrected chi connectivity index (χ0v) is 9.38. The van der Waals surface area contributed by atoms with Crippen molar-refractivity contribution in [2.24, 2.45) is 0 Å². The van der Waals surface area contributed by atoms with Gasteiger partial charge in [-0.15, -0.1) is 0 Å². The van der Waals surface area contributed by atoms with Crippen LogP contribution in [0.5, 0.6) is 0 Å². The van der Waals surface area contributed by atoms with Crippen LogP contribution in [0, 0.1) is 6.92 Å². The van der Waals surface area contributed by atoms with Crippen molar-refractivity contribution in [1.29, 1.82) is 0 Å². The van der Waals surface area contributed by atoms with Crippen LogP contribution in [0.3, 0.4) is 0 Å². The van der Waals surface area contributed by atoms with Gasteiger partial charge in [-0.25, -0.2) is 0 Å². The number of alkyl halides is 3. The SMILES string of the molecule is Cc1ccc2[nH]cc(C(C(=O)O)C(F)(F)F)c2c1. The van der Waals surface area contributed by atoms with Gasteiger partial charge in [0.1, 0.15) is 0 Å². The van der Waals surface area contributed by atoms with E-state index in [9.17, 15) is 18.0 Å². The van der Waals surface area contributed by atoms with Gasteiger partial charge in [0.25, 0.3) is 0 Å². The van der Waals surface area contributed by atoms with Crippen molar-refractivity contribution >= 4 is 16.9 Å². The first kappa shape index (κ1) is 12.5. The number of carboxylic acids is 1. The Kier molecular flexibility index (Phi) is 2.80. The number of fused-ring (bicyclic) bond motifs is 1. The number of hydrogen-bond donors (Lipinski definition) is 2. The summed E-state index contributed by atoms with van der Waals surface area (Å²) in [7, 11) is 0. The second kappa shape index (κ2) is 4.04. The number of hydrogen-bond acceptors (Lipinski definition) is 1. The molecule has 0 amide bonds. The molecule has 0 aliphatic rings. The standard InChI is InChI=1S/C12H10F3NO2/c1-6-2-3-9-7(4-6)8(5-16-9)10(11(17)18)12(13,14)15/h2-5,10,16H,1H3,(H,17,18). The molecule has 0 saturated heterocycles. The zero-order valence-electron chi connectivity index (χ0n) is 9.38. The second-order valence-corrected chi connectivity index (χ2v) is 4.11. The summed E-state index contributed by atoms with van der Waals surface area (Å²) in [5.41, 5.74) is 1.01. The summed E-state index contributed by atoms with van der Waals surface area (Å²) in [5.74, 6) is -4.40. The van der Waals surface area contributed by atoms with Crippen LogP contribution in [0.1, 0.15) is 17.0 Å². The van der Waals surface area contributed by atoms with Crippen LogP contribution in [-0.4, -0.2) is 22.2 Å². The van der Waals surface area contributed by atoms with Gasteiger partial charge < -0.3 is 10.1 Å². The molecule has 1 aromatic heterocycles. The topological polar surface area (TPSA) is 53.1 Å². The number of aromatic nitrogens is 1. The van der Waals surface area contributed by atoms with Crippen LogP contribution in [-0.2, 0) is 4.79 Å². The summed E-state index contributed by atoms with van der Waals surface area (Å²) >= 11 is 0. The van der Waals surface area contributed by atoms with Gasteiger partial charge in [-0.05, 0) is 19.1 Å². The molecule has 6 heteroatoms. The lowest BCUT2D eigenvalue weighted by Gasteiger charge is -2.15. The lowest BCUT2D eigenvalue weighted by atomic mass is 9.97. The number of nitrogens with one attached hydrogen (secondary N) is 1. The minimum atomic E-state index is -4.81. The summed E-state index contributed by atoms with van der Waals surface area (Å²) in [5, 5.41) is 9.07. The van der Waals surface area contributed by atoms with Crippen LogP contribution >= 0.6 is 0 Å². The van der Waals surface area contributed by atoms with Crippen LogP contribution < -0.4 is 0 Å². The molecule has 0 saturated carbocycles. The van der Waals surface area contributed by atoms with E-state index in [1.807, 2.05) is 0 Å². The molecule has 0 aliphatic carbocycles. The van der Waals surface area contributed by atoms with E-state index < -0.39 is 18.1 Å². The number of aromatic amines is 1. The predicted molar refractivity (Wildman–Crippen MR) is 59.5 cm³/mol. The van der Waals surface area contributed by atoms with Gasteiger partial charge in [0, 0.05) is 22.7 Å². The predicted octanol–water partition coefficient (Wildman–Crippen LogP) is 3.21. The summed E-state index contributed by atoms with van der Waals surface area (Å²) < 4.78 is 38.3. The van der Waals surface area contributed by atoms with Crippen molar-refractivity contribution in [1.82, 2.24) is 4.98 Å². The molecule has 1 heterocycles. The van der Waals surface area contributed by atoms with Crippen LogP contribution in [0.25, 0.3) is 10.9 Å². The molecule has 1 aromatic carbocycles. The van der Waals surface area contributed by atoms with E-state index in [1.165, 1.54) is 0 Å². The number of halogens is 3. The van der Waals surface area contributed by atoms with Gasteiger partial charge in [0.15, 0.2) is 5.92 Å². The van der Waals surface area contributed by atoms with Crippen molar-refractivity contribution in [2.45, 2.75) is 19.0 Å². The van der Waals surface area contributed by atoms with E-state index in [0.717, 1.165) is 11.8 Å². The Bertz CT molecular complexity index is 601. The molecule has 0 fully saturated rings. The minimum absolute atomic E-state index is 0.256. The first-order valence-electron chi connectivity index (χ1n) is 5.18. The second-order valence-electron chi connectivity index (χ2n) is 4.11. The molecule has 18 heavy (non-hydrogen) atoms. The summed E-state index contributed by atoms with van der Waals surface area (Å²) in [4.78, 5) is 13.5. The lowest BCUT2D eigenvalue weighted by Crippen LogP contribution is -2.28. The molecule has 2 aromatic rings. The van der Waals surface area contributed by atoms with E-state index in [-0.39, 0.29) is 5.56 Å². The number of aliphatic carboxylic acids is 1. The van der Waals surface area contributed by atoms with E-state index in [1.54, 1.807) is 25.1 Å². The number of rotatable bonds is 2. The highest BCUT2D eigenvalue weighted by atomic mass is 19.4. The molecule has 96 valence electrons. The third-order valence-corrected chi connectivity index (χ3v) is 2.75. The van der Waals surface area contributed by atoms with Crippen molar-refractivity contribution in [3.05, 3.63) is 35.5 Å². The lowest BCUT2D eigenvalue weighted by molar-refractivity contribution is -0.176. The fraction of sp³-hybridized carbons (Fsp3) is 0.250. The molecule has 2 N–H and O–H groups in total. The highest BCUT2D eigenvalue weighted by Gasteiger charge is 2.47. The molecule has 2 rings (SSSR count). The smallest absolute Gasteiger partial charge is 0.406 e. The number of benzene rings is 1. The number of H-pyrrole nitrogens is 1. The van der Waals surface area contributed by atoms with Crippen LogP contribution in [0.2, 0.25) is 0 Å². The Hall–Kier alpha value is -1.98. The number of aryl methyl sites for hydroxylation is 1. The monoisotopic (exact) mass is 257 g/mol. The largest absolute Gasteiger partial charge is 0.481 e. The molecule has 0 spiro atoms. The highest BCUT2D eigenvalue weighted by molar-refractivity contribution is 5.90. The van der Waals surface area contributed by atoms with Crippen LogP contribution in [0.15, 0.2) is 24.4 Å². The van der Waals surface area contributed by atoms with Gasteiger partial charge in [0.2, 0.25) is 0 Å². The Morgan fingerprint density at radius 3 is 2.61 bits per heavy atom. The van der Waals surface area contributed by atoms with Crippen molar-refractivity contribution in [2.75, 3.05) is 0 Å². The van der Waals surface area contributed by atoms with Gasteiger partial charge >= 0.3 is 12.1 Å². The summed E-state index contributed by atoms with van der Waals surface area (Å²) in [6, 6.07) is 4.91. The van der Waals surface area contributed by atoms with E-state index in [4.69, 9.17) is 5.11 Å². The van der Waals surface area contributed by atoms with Crippen molar-refractivity contribution < 1.29 is 23.1 Å². The Morgan fingerprint density at radius 2 is 2.06 bits per heavy atom. The Balaban J connectivity index is 2.65. The number of carbonyl (C=O) groups is 1. The molecular formula is C12H10F3NO2. The fourth-order valence-electron chi connectivity index (χ4n) is 1.94. The maximum atomic E-state index is 12.8. The third-order valence-electron chi connectivity index (χ3n) is 2.75. The van der Waals surface area contributed by atoms with Crippen molar-refractivity contribution in [3.8, 4) is 0 Å². The van der Waals surface area contributed by atoms with E-state index in [0.29, 0.717) is 10.9 Å². The summed E-state index contributed by atoms with van der Waals surface area (Å²) in [6.45, 7) is 1.74. The third kappa shape index (κ3) is 2.05. The molecule has 1 unspecified atom stereocenters. The molecule has 0 bridgehead atoms. The molecule has 1 atom stereocenters. The first-order valence-corrected chi connectivity index (χ1v) is 5.18. The maximum Gasteiger partial charge on any atom is 0.406 e. The van der Waals surface area contributed by atoms with E-state index in [2.05, 4.69) is 4.98 Å². The van der Waals surface area contributed by atoms with Gasteiger partial charge in [0.05, 0.1) is 0 Å². The Morgan fingerprint density at radius 1 is 1.39 bits per heavy atom. The Labute approximate surface area is 100 Å². The minimum Gasteiger partial charge on any atom is -0.481 e. The average molecular weight is 257 g/mol. The molecular weight excluding hydrogens is 247 g/mol. The highest BCUT2D eigenvalue weighted by Crippen LogP contribution is 2.38. The van der Waals surface area contributed by atoms with E-state index >= 15 is 0 Å². The molecule has 0 aliphatic heterocycles. The fourth-order valence-corrected chi connectivity index (χ4v) is 1.94. The normalized spacial score (nSPS) is 13.8. The molecule has 0 radical (unpaired) electrons.